The highest BCUT2D eigenvalue weighted by Crippen LogP contribution is 2.20. The van der Waals surface area contributed by atoms with E-state index in [1.54, 1.807) is 24.3 Å². The van der Waals surface area contributed by atoms with Gasteiger partial charge in [0, 0.05) is 22.6 Å². The lowest BCUT2D eigenvalue weighted by molar-refractivity contribution is -0.121. The number of nitrogens with one attached hydrogen (secondary N) is 2. The van der Waals surface area contributed by atoms with Crippen molar-refractivity contribution in [3.63, 3.8) is 0 Å². The van der Waals surface area contributed by atoms with Crippen molar-refractivity contribution in [3.8, 4) is 5.75 Å². The van der Waals surface area contributed by atoms with Gasteiger partial charge in [-0.15, -0.1) is 11.8 Å². The first-order valence-electron chi connectivity index (χ1n) is 7.89. The summed E-state index contributed by atoms with van der Waals surface area (Å²) in [6.45, 7) is 2.39. The molecule has 0 radical (unpaired) electrons. The highest BCUT2D eigenvalue weighted by atomic mass is 32.2. The zero-order chi connectivity index (χ0) is 18.9. The van der Waals surface area contributed by atoms with Crippen molar-refractivity contribution in [2.24, 2.45) is 0 Å². The highest BCUT2D eigenvalue weighted by Gasteiger charge is 2.08. The molecule has 138 valence electrons. The average molecular weight is 380 g/mol. The van der Waals surface area contributed by atoms with Crippen LogP contribution in [0.2, 0.25) is 0 Å². The molecule has 0 heterocycles. The molecule has 0 bridgehead atoms. The first-order valence-corrected chi connectivity index (χ1v) is 8.88. The van der Waals surface area contributed by atoms with Crippen LogP contribution >= 0.6 is 11.8 Å². The first kappa shape index (κ1) is 19.7. The van der Waals surface area contributed by atoms with Gasteiger partial charge in [-0.1, -0.05) is 0 Å². The molecule has 2 amide bonds. The van der Waals surface area contributed by atoms with E-state index < -0.39 is 17.5 Å². The molecule has 2 aromatic rings. The number of halogens is 2. The number of hydrogen-bond acceptors (Lipinski definition) is 4. The van der Waals surface area contributed by atoms with Crippen molar-refractivity contribution in [3.05, 3.63) is 59.7 Å². The van der Waals surface area contributed by atoms with Crippen molar-refractivity contribution >= 4 is 23.6 Å². The normalized spacial score (nSPS) is 10.3. The van der Waals surface area contributed by atoms with Crippen molar-refractivity contribution < 1.29 is 23.1 Å². The molecule has 0 atom stereocenters. The van der Waals surface area contributed by atoms with E-state index >= 15 is 0 Å². The number of carbonyl (C=O) groups is 2. The molecule has 0 saturated carbocycles. The van der Waals surface area contributed by atoms with Gasteiger partial charge in [0.25, 0.3) is 5.91 Å². The number of ether oxygens (including phenoxy) is 1. The minimum Gasteiger partial charge on any atom is -0.494 e. The predicted octanol–water partition coefficient (Wildman–Crippen LogP) is 3.31. The first-order chi connectivity index (χ1) is 12.5. The lowest BCUT2D eigenvalue weighted by Gasteiger charge is -2.08. The maximum atomic E-state index is 13.1. The number of amides is 2. The van der Waals surface area contributed by atoms with E-state index in [4.69, 9.17) is 4.74 Å². The van der Waals surface area contributed by atoms with Crippen molar-refractivity contribution in [1.29, 1.82) is 0 Å². The Morgan fingerprint density at radius 2 is 1.77 bits per heavy atom. The van der Waals surface area contributed by atoms with Gasteiger partial charge >= 0.3 is 0 Å². The molecule has 0 aliphatic heterocycles. The summed E-state index contributed by atoms with van der Waals surface area (Å²) in [5, 5.41) is 0. The molecule has 2 rings (SSSR count). The van der Waals surface area contributed by atoms with E-state index in [-0.39, 0.29) is 12.3 Å². The summed E-state index contributed by atoms with van der Waals surface area (Å²) in [6, 6.07) is 10.1. The summed E-state index contributed by atoms with van der Waals surface area (Å²) < 4.78 is 31.2. The lowest BCUT2D eigenvalue weighted by atomic mass is 10.2. The van der Waals surface area contributed by atoms with E-state index in [2.05, 4.69) is 10.9 Å². The molecule has 26 heavy (non-hydrogen) atoms. The maximum absolute atomic E-state index is 13.1. The molecule has 2 aromatic carbocycles. The zero-order valence-corrected chi connectivity index (χ0v) is 14.9. The molecule has 0 aliphatic rings. The van der Waals surface area contributed by atoms with Gasteiger partial charge in [-0.2, -0.15) is 0 Å². The van der Waals surface area contributed by atoms with Crippen LogP contribution in [0.4, 0.5) is 8.78 Å². The van der Waals surface area contributed by atoms with Gasteiger partial charge in [-0.05, 0) is 49.4 Å². The molecule has 0 aliphatic carbocycles. The molecule has 0 unspecified atom stereocenters. The van der Waals surface area contributed by atoms with Crippen LogP contribution in [-0.4, -0.2) is 24.2 Å². The Bertz CT molecular complexity index is 770. The molecule has 0 saturated heterocycles. The Labute approximate surface area is 154 Å². The fraction of sp³-hybridized carbons (Fsp3) is 0.222. The van der Waals surface area contributed by atoms with E-state index in [0.717, 1.165) is 12.1 Å². The summed E-state index contributed by atoms with van der Waals surface area (Å²) in [4.78, 5) is 24.2. The predicted molar refractivity (Wildman–Crippen MR) is 94.9 cm³/mol. The molecule has 2 N–H and O–H groups in total. The maximum Gasteiger partial charge on any atom is 0.269 e. The van der Waals surface area contributed by atoms with Crippen molar-refractivity contribution in [2.45, 2.75) is 18.2 Å². The van der Waals surface area contributed by atoms with Gasteiger partial charge in [0.05, 0.1) is 6.61 Å². The Kier molecular flexibility index (Phi) is 7.40. The van der Waals surface area contributed by atoms with E-state index in [0.29, 0.717) is 28.6 Å². The fourth-order valence-corrected chi connectivity index (χ4v) is 2.83. The van der Waals surface area contributed by atoms with E-state index in [9.17, 15) is 18.4 Å². The largest absolute Gasteiger partial charge is 0.494 e. The van der Waals surface area contributed by atoms with Crippen LogP contribution < -0.4 is 15.6 Å². The lowest BCUT2D eigenvalue weighted by Crippen LogP contribution is -2.41. The Morgan fingerprint density at radius 3 is 2.42 bits per heavy atom. The molecule has 0 spiro atoms. The zero-order valence-electron chi connectivity index (χ0n) is 14.1. The number of rotatable bonds is 7. The topological polar surface area (TPSA) is 67.4 Å². The number of hydrazine groups is 1. The summed E-state index contributed by atoms with van der Waals surface area (Å²) in [5.74, 6) is -1.67. The third kappa shape index (κ3) is 6.03. The Morgan fingerprint density at radius 1 is 1.04 bits per heavy atom. The molecular weight excluding hydrogens is 362 g/mol. The Hall–Kier alpha value is -2.61. The molecule has 0 fully saturated rings. The monoisotopic (exact) mass is 380 g/mol. The van der Waals surface area contributed by atoms with Gasteiger partial charge in [0.1, 0.15) is 5.75 Å². The van der Waals surface area contributed by atoms with Crippen molar-refractivity contribution in [2.75, 3.05) is 12.4 Å². The third-order valence-electron chi connectivity index (χ3n) is 3.23. The minimum absolute atomic E-state index is 0.104. The SMILES string of the molecule is CCOc1ccc(C(=O)NNC(=O)CCSc2ccc(F)c(F)c2)cc1. The Balaban J connectivity index is 1.72. The van der Waals surface area contributed by atoms with Crippen LogP contribution in [0.1, 0.15) is 23.7 Å². The van der Waals surface area contributed by atoms with Crippen LogP contribution in [0.25, 0.3) is 0 Å². The second kappa shape index (κ2) is 9.76. The fourth-order valence-electron chi connectivity index (χ4n) is 1.96. The van der Waals surface area contributed by atoms with Gasteiger partial charge < -0.3 is 4.74 Å². The van der Waals surface area contributed by atoms with Gasteiger partial charge in [-0.25, -0.2) is 8.78 Å². The minimum atomic E-state index is -0.929. The number of hydrogen-bond donors (Lipinski definition) is 2. The second-order valence-corrected chi connectivity index (χ2v) is 6.30. The summed E-state index contributed by atoms with van der Waals surface area (Å²) >= 11 is 1.21. The standard InChI is InChI=1S/C18H18F2N2O3S/c1-2-25-13-5-3-12(4-6-13)18(24)22-21-17(23)9-10-26-14-7-8-15(19)16(20)11-14/h3-8,11H,2,9-10H2,1H3,(H,21,23)(H,22,24). The van der Waals surface area contributed by atoms with Crippen molar-refractivity contribution in [1.82, 2.24) is 10.9 Å². The van der Waals surface area contributed by atoms with E-state index in [1.807, 2.05) is 6.92 Å². The highest BCUT2D eigenvalue weighted by molar-refractivity contribution is 7.99. The van der Waals surface area contributed by atoms with Crippen LogP contribution in [0.5, 0.6) is 5.75 Å². The average Bonchev–Trinajstić information content (AvgIpc) is 2.63. The molecule has 8 heteroatoms. The van der Waals surface area contributed by atoms with Gasteiger partial charge in [-0.3, -0.25) is 20.4 Å². The van der Waals surface area contributed by atoms with Crippen LogP contribution in [0, 0.1) is 11.6 Å². The van der Waals surface area contributed by atoms with Gasteiger partial charge in [0.2, 0.25) is 5.91 Å². The molecule has 5 nitrogen and oxygen atoms in total. The van der Waals surface area contributed by atoms with E-state index in [1.165, 1.54) is 17.8 Å². The van der Waals surface area contributed by atoms with Gasteiger partial charge in [0.15, 0.2) is 11.6 Å². The van der Waals surface area contributed by atoms with Crippen LogP contribution in [-0.2, 0) is 4.79 Å². The molecular formula is C18H18F2N2O3S. The number of benzene rings is 2. The van der Waals surface area contributed by atoms with Crippen LogP contribution in [0.15, 0.2) is 47.4 Å². The smallest absolute Gasteiger partial charge is 0.269 e. The molecule has 0 aromatic heterocycles. The quantitative estimate of drug-likeness (QED) is 0.571. The van der Waals surface area contributed by atoms with Crippen LogP contribution in [0.3, 0.4) is 0 Å². The second-order valence-electron chi connectivity index (χ2n) is 5.13. The summed E-state index contributed by atoms with van der Waals surface area (Å²) in [7, 11) is 0. The third-order valence-corrected chi connectivity index (χ3v) is 4.23. The number of carbonyl (C=O) groups excluding carboxylic acids is 2. The summed E-state index contributed by atoms with van der Waals surface area (Å²) in [6.07, 6.45) is 0.104. The summed E-state index contributed by atoms with van der Waals surface area (Å²) in [5.41, 5.74) is 5.01. The number of thioether (sulfide) groups is 1.